The summed E-state index contributed by atoms with van der Waals surface area (Å²) in [6.45, 7) is 2.52. The monoisotopic (exact) mass is 259 g/mol. The summed E-state index contributed by atoms with van der Waals surface area (Å²) in [5.41, 5.74) is 0.248. The molecule has 0 aliphatic heterocycles. The van der Waals surface area contributed by atoms with E-state index in [1.54, 1.807) is 13.0 Å². The number of hydrogen-bond acceptors (Lipinski definition) is 2. The van der Waals surface area contributed by atoms with Gasteiger partial charge in [-0.3, -0.25) is 4.79 Å². The number of amides is 1. The third-order valence-electron chi connectivity index (χ3n) is 2.34. The van der Waals surface area contributed by atoms with Crippen molar-refractivity contribution in [3.8, 4) is 0 Å². The quantitative estimate of drug-likeness (QED) is 0.814. The molecule has 5 heteroatoms. The second-order valence-corrected chi connectivity index (χ2v) is 3.91. The molecule has 0 heterocycles. The summed E-state index contributed by atoms with van der Waals surface area (Å²) in [4.78, 5) is 13.2. The lowest BCUT2D eigenvalue weighted by molar-refractivity contribution is -0.119. The normalized spacial score (nSPS) is 10.4. The van der Waals surface area contributed by atoms with Gasteiger partial charge in [0.05, 0.1) is 18.7 Å². The number of halogens is 2. The van der Waals surface area contributed by atoms with E-state index in [1.807, 2.05) is 0 Å². The van der Waals surface area contributed by atoms with Crippen molar-refractivity contribution in [1.29, 1.82) is 0 Å². The van der Waals surface area contributed by atoms with E-state index in [-0.39, 0.29) is 18.0 Å². The van der Waals surface area contributed by atoms with Crippen LogP contribution in [0.1, 0.15) is 13.3 Å². The van der Waals surface area contributed by atoms with Crippen molar-refractivity contribution >= 4 is 23.2 Å². The first-order valence-corrected chi connectivity index (χ1v) is 5.72. The summed E-state index contributed by atoms with van der Waals surface area (Å²) in [7, 11) is 1.52. The molecule has 94 valence electrons. The van der Waals surface area contributed by atoms with Gasteiger partial charge >= 0.3 is 0 Å². The fourth-order valence-corrected chi connectivity index (χ4v) is 1.66. The van der Waals surface area contributed by atoms with Crippen LogP contribution in [0, 0.1) is 5.82 Å². The lowest BCUT2D eigenvalue weighted by Crippen LogP contribution is -2.32. The van der Waals surface area contributed by atoms with Crippen molar-refractivity contribution in [3.05, 3.63) is 29.0 Å². The van der Waals surface area contributed by atoms with Gasteiger partial charge in [0.1, 0.15) is 5.82 Å². The van der Waals surface area contributed by atoms with Gasteiger partial charge in [-0.1, -0.05) is 11.6 Å². The van der Waals surface area contributed by atoms with E-state index in [0.717, 1.165) is 0 Å². The first-order chi connectivity index (χ1) is 8.10. The minimum atomic E-state index is -0.495. The number of carbonyl (C=O) groups excluding carboxylic acids is 1. The second-order valence-electron chi connectivity index (χ2n) is 3.48. The zero-order valence-electron chi connectivity index (χ0n) is 9.87. The van der Waals surface area contributed by atoms with Crippen molar-refractivity contribution < 1.29 is 13.9 Å². The molecule has 1 rings (SSSR count). The maximum atomic E-state index is 13.7. The van der Waals surface area contributed by atoms with Gasteiger partial charge in [-0.15, -0.1) is 0 Å². The van der Waals surface area contributed by atoms with Crippen LogP contribution in [0.2, 0.25) is 5.02 Å². The molecule has 1 amide bonds. The summed E-state index contributed by atoms with van der Waals surface area (Å²) in [6, 6.07) is 4.27. The molecule has 0 fully saturated rings. The molecule has 0 saturated carbocycles. The Morgan fingerprint density at radius 3 is 2.76 bits per heavy atom. The van der Waals surface area contributed by atoms with Crippen LogP contribution in [0.25, 0.3) is 0 Å². The third-order valence-corrected chi connectivity index (χ3v) is 2.57. The van der Waals surface area contributed by atoms with Crippen LogP contribution in [-0.4, -0.2) is 26.2 Å². The Morgan fingerprint density at radius 1 is 1.53 bits per heavy atom. The molecule has 0 aliphatic rings. The number of rotatable bonds is 5. The van der Waals surface area contributed by atoms with Gasteiger partial charge in [0.25, 0.3) is 0 Å². The van der Waals surface area contributed by atoms with E-state index in [4.69, 9.17) is 16.3 Å². The topological polar surface area (TPSA) is 29.5 Å². The molecule has 0 aromatic heterocycles. The molecule has 17 heavy (non-hydrogen) atoms. The summed E-state index contributed by atoms with van der Waals surface area (Å²) in [5.74, 6) is -0.666. The molecule has 1 aromatic rings. The number of carbonyl (C=O) groups is 1. The van der Waals surface area contributed by atoms with E-state index >= 15 is 0 Å². The van der Waals surface area contributed by atoms with Crippen LogP contribution in [-0.2, 0) is 9.53 Å². The predicted octanol–water partition coefficient (Wildman–Crippen LogP) is 2.87. The Hall–Kier alpha value is -1.13. The maximum Gasteiger partial charge on any atom is 0.229 e. The minimum Gasteiger partial charge on any atom is -0.384 e. The average molecular weight is 260 g/mol. The van der Waals surface area contributed by atoms with Crippen LogP contribution in [0.5, 0.6) is 0 Å². The second kappa shape index (κ2) is 6.57. The molecular weight excluding hydrogens is 245 g/mol. The number of methoxy groups -OCH3 is 1. The van der Waals surface area contributed by atoms with Crippen molar-refractivity contribution in [2.75, 3.05) is 25.2 Å². The van der Waals surface area contributed by atoms with Crippen molar-refractivity contribution in [1.82, 2.24) is 0 Å². The van der Waals surface area contributed by atoms with E-state index in [9.17, 15) is 9.18 Å². The highest BCUT2D eigenvalue weighted by Crippen LogP contribution is 2.23. The highest BCUT2D eigenvalue weighted by Gasteiger charge is 2.17. The highest BCUT2D eigenvalue weighted by molar-refractivity contribution is 6.30. The van der Waals surface area contributed by atoms with E-state index in [1.165, 1.54) is 24.1 Å². The van der Waals surface area contributed by atoms with Crippen LogP contribution in [0.3, 0.4) is 0 Å². The summed E-state index contributed by atoms with van der Waals surface area (Å²) >= 11 is 5.66. The van der Waals surface area contributed by atoms with Crippen molar-refractivity contribution in [2.45, 2.75) is 13.3 Å². The predicted molar refractivity (Wildman–Crippen MR) is 65.9 cm³/mol. The lowest BCUT2D eigenvalue weighted by Gasteiger charge is -2.21. The summed E-state index contributed by atoms with van der Waals surface area (Å²) < 4.78 is 18.5. The SMILES string of the molecule is CCN(C(=O)CCOC)c1ccc(Cl)cc1F. The van der Waals surface area contributed by atoms with Crippen LogP contribution in [0.4, 0.5) is 10.1 Å². The molecular formula is C12H15ClFNO2. The summed E-state index contributed by atoms with van der Waals surface area (Å²) in [5, 5.41) is 0.312. The van der Waals surface area contributed by atoms with Crippen LogP contribution in [0.15, 0.2) is 18.2 Å². The lowest BCUT2D eigenvalue weighted by atomic mass is 10.2. The number of benzene rings is 1. The van der Waals surface area contributed by atoms with E-state index in [2.05, 4.69) is 0 Å². The molecule has 0 saturated heterocycles. The van der Waals surface area contributed by atoms with Gasteiger partial charge in [-0.25, -0.2) is 4.39 Å². The largest absolute Gasteiger partial charge is 0.384 e. The Balaban J connectivity index is 2.89. The third kappa shape index (κ3) is 3.68. The molecule has 0 atom stereocenters. The molecule has 1 aromatic carbocycles. The molecule has 0 N–H and O–H groups in total. The molecule has 0 aliphatic carbocycles. The van der Waals surface area contributed by atoms with Gasteiger partial charge in [0.2, 0.25) is 5.91 Å². The maximum absolute atomic E-state index is 13.7. The first kappa shape index (κ1) is 13.9. The highest BCUT2D eigenvalue weighted by atomic mass is 35.5. The first-order valence-electron chi connectivity index (χ1n) is 5.34. The average Bonchev–Trinajstić information content (AvgIpc) is 2.30. The number of anilines is 1. The Kier molecular flexibility index (Phi) is 5.38. The molecule has 0 spiro atoms. The van der Waals surface area contributed by atoms with Gasteiger partial charge in [-0.05, 0) is 25.1 Å². The van der Waals surface area contributed by atoms with E-state index < -0.39 is 5.82 Å². The zero-order valence-corrected chi connectivity index (χ0v) is 10.6. The molecule has 0 bridgehead atoms. The Morgan fingerprint density at radius 2 is 2.24 bits per heavy atom. The van der Waals surface area contributed by atoms with Gasteiger partial charge in [0.15, 0.2) is 0 Å². The van der Waals surface area contributed by atoms with Gasteiger partial charge in [0, 0.05) is 18.7 Å². The van der Waals surface area contributed by atoms with Crippen molar-refractivity contribution in [3.63, 3.8) is 0 Å². The zero-order chi connectivity index (χ0) is 12.8. The van der Waals surface area contributed by atoms with Crippen LogP contribution < -0.4 is 4.90 Å². The Labute approximate surface area is 105 Å². The minimum absolute atomic E-state index is 0.171. The summed E-state index contributed by atoms with van der Waals surface area (Å²) in [6.07, 6.45) is 0.229. The van der Waals surface area contributed by atoms with E-state index in [0.29, 0.717) is 18.2 Å². The number of ether oxygens (including phenoxy) is 1. The standard InChI is InChI=1S/C12H15ClFNO2/c1-3-15(12(16)6-7-17-2)11-5-4-9(13)8-10(11)14/h4-5,8H,3,6-7H2,1-2H3. The molecule has 3 nitrogen and oxygen atoms in total. The van der Waals surface area contributed by atoms with Gasteiger partial charge in [-0.2, -0.15) is 0 Å². The fraction of sp³-hybridized carbons (Fsp3) is 0.417. The molecule has 0 radical (unpaired) electrons. The van der Waals surface area contributed by atoms with Crippen LogP contribution >= 0.6 is 11.6 Å². The smallest absolute Gasteiger partial charge is 0.229 e. The number of nitrogens with zero attached hydrogens (tertiary/aromatic N) is 1. The van der Waals surface area contributed by atoms with Crippen molar-refractivity contribution in [2.24, 2.45) is 0 Å². The number of hydrogen-bond donors (Lipinski definition) is 0. The fourth-order valence-electron chi connectivity index (χ4n) is 1.51. The van der Waals surface area contributed by atoms with Gasteiger partial charge < -0.3 is 9.64 Å². The molecule has 0 unspecified atom stereocenters. The Bertz CT molecular complexity index is 398.